The molecule has 210 valence electrons. The molecule has 0 aromatic carbocycles. The highest BCUT2D eigenvalue weighted by Crippen LogP contribution is 2.43. The van der Waals surface area contributed by atoms with Crippen molar-refractivity contribution in [2.45, 2.75) is 69.2 Å². The Morgan fingerprint density at radius 1 is 1.13 bits per heavy atom. The van der Waals surface area contributed by atoms with Crippen molar-refractivity contribution in [1.29, 1.82) is 0 Å². The molecule has 0 unspecified atom stereocenters. The lowest BCUT2D eigenvalue weighted by Crippen LogP contribution is -2.65. The van der Waals surface area contributed by atoms with Crippen LogP contribution in [0.4, 0.5) is 13.2 Å². The van der Waals surface area contributed by atoms with Gasteiger partial charge in [-0.3, -0.25) is 0 Å². The highest BCUT2D eigenvalue weighted by Gasteiger charge is 2.53. The highest BCUT2D eigenvalue weighted by atomic mass is 32.1. The summed E-state index contributed by atoms with van der Waals surface area (Å²) in [4.78, 5) is 23.7. The number of thiophene rings is 1. The molecule has 38 heavy (non-hydrogen) atoms. The minimum atomic E-state index is -5.19. The average Bonchev–Trinajstić information content (AvgIpc) is 3.68. The molecule has 5 heterocycles. The third-order valence-electron chi connectivity index (χ3n) is 8.32. The van der Waals surface area contributed by atoms with Gasteiger partial charge in [0.15, 0.2) is 6.10 Å². The SMILES string of the molecule is O=C(O[C@H]1C[N+]2(CCCc3cccs3)CCC1CC2)[C@](O)(c1ccco1)C1CCCC1.O=C([O-])C(F)(F)F. The number of halogens is 3. The first-order valence-corrected chi connectivity index (χ1v) is 14.0. The monoisotopic (exact) mass is 557 g/mol. The fraction of sp³-hybridized carbons (Fsp3) is 0.630. The van der Waals surface area contributed by atoms with Gasteiger partial charge in [0.2, 0.25) is 5.60 Å². The Morgan fingerprint density at radius 2 is 1.82 bits per heavy atom. The number of furan rings is 1. The summed E-state index contributed by atoms with van der Waals surface area (Å²) in [6, 6.07) is 7.80. The van der Waals surface area contributed by atoms with E-state index in [1.165, 1.54) is 30.7 Å². The summed E-state index contributed by atoms with van der Waals surface area (Å²) in [7, 11) is 0. The Balaban J connectivity index is 0.000000426. The zero-order valence-electron chi connectivity index (χ0n) is 21.2. The molecule has 1 saturated carbocycles. The van der Waals surface area contributed by atoms with E-state index in [1.807, 2.05) is 11.3 Å². The van der Waals surface area contributed by atoms with E-state index in [4.69, 9.17) is 19.1 Å². The minimum Gasteiger partial charge on any atom is -0.542 e. The molecule has 4 aliphatic rings. The van der Waals surface area contributed by atoms with E-state index in [1.54, 1.807) is 12.1 Å². The van der Waals surface area contributed by atoms with Gasteiger partial charge in [-0.1, -0.05) is 18.9 Å². The second-order valence-electron chi connectivity index (χ2n) is 10.7. The van der Waals surface area contributed by atoms with Gasteiger partial charge in [0, 0.05) is 36.0 Å². The quantitative estimate of drug-likeness (QED) is 0.392. The van der Waals surface area contributed by atoms with Crippen LogP contribution in [0, 0.1) is 11.8 Å². The number of nitrogens with zero attached hydrogens (tertiary/aromatic N) is 1. The topological polar surface area (TPSA) is 99.8 Å². The van der Waals surface area contributed by atoms with Crippen LogP contribution >= 0.6 is 11.3 Å². The van der Waals surface area contributed by atoms with E-state index < -0.39 is 23.7 Å². The number of alkyl halides is 3. The van der Waals surface area contributed by atoms with Crippen LogP contribution in [0.15, 0.2) is 40.3 Å². The molecule has 7 nitrogen and oxygen atoms in total. The Kier molecular flexibility index (Phi) is 8.89. The van der Waals surface area contributed by atoms with E-state index in [9.17, 15) is 23.1 Å². The lowest BCUT2D eigenvalue weighted by atomic mass is 9.81. The van der Waals surface area contributed by atoms with Crippen LogP contribution in [0.3, 0.4) is 0 Å². The van der Waals surface area contributed by atoms with Crippen molar-refractivity contribution in [1.82, 2.24) is 0 Å². The van der Waals surface area contributed by atoms with Crippen LogP contribution < -0.4 is 5.11 Å². The number of carbonyl (C=O) groups excluding carboxylic acids is 2. The Bertz CT molecular complexity index is 1040. The second kappa shape index (κ2) is 11.8. The van der Waals surface area contributed by atoms with Crippen molar-refractivity contribution < 1.29 is 46.6 Å². The summed E-state index contributed by atoms with van der Waals surface area (Å²) in [5.74, 6) is -2.87. The molecule has 0 spiro atoms. The Hall–Kier alpha value is -2.37. The van der Waals surface area contributed by atoms with Crippen molar-refractivity contribution in [2.75, 3.05) is 26.2 Å². The van der Waals surface area contributed by atoms with E-state index in [2.05, 4.69) is 17.5 Å². The number of hydrogen-bond acceptors (Lipinski definition) is 7. The minimum absolute atomic E-state index is 0.0976. The van der Waals surface area contributed by atoms with Crippen LogP contribution in [0.5, 0.6) is 0 Å². The van der Waals surface area contributed by atoms with Crippen molar-refractivity contribution >= 4 is 23.3 Å². The van der Waals surface area contributed by atoms with E-state index >= 15 is 0 Å². The fourth-order valence-electron chi connectivity index (χ4n) is 6.25. The summed E-state index contributed by atoms with van der Waals surface area (Å²) in [5, 5.41) is 22.5. The average molecular weight is 558 g/mol. The van der Waals surface area contributed by atoms with Gasteiger partial charge in [-0.2, -0.15) is 13.2 Å². The maximum Gasteiger partial charge on any atom is 0.430 e. The van der Waals surface area contributed by atoms with Crippen LogP contribution in [0.25, 0.3) is 0 Å². The zero-order chi connectivity index (χ0) is 27.4. The van der Waals surface area contributed by atoms with Gasteiger partial charge < -0.3 is 28.6 Å². The van der Waals surface area contributed by atoms with Crippen LogP contribution in [0.2, 0.25) is 0 Å². The van der Waals surface area contributed by atoms with Crippen molar-refractivity contribution in [3.63, 3.8) is 0 Å². The summed E-state index contributed by atoms with van der Waals surface area (Å²) >= 11 is 1.84. The smallest absolute Gasteiger partial charge is 0.430 e. The first-order valence-electron chi connectivity index (χ1n) is 13.2. The largest absolute Gasteiger partial charge is 0.542 e. The van der Waals surface area contributed by atoms with Crippen LogP contribution in [0.1, 0.15) is 55.6 Å². The molecule has 1 N–H and O–H groups in total. The number of hydrogen-bond donors (Lipinski definition) is 1. The summed E-state index contributed by atoms with van der Waals surface area (Å²) in [6.07, 6.45) is 4.51. The van der Waals surface area contributed by atoms with Gasteiger partial charge in [-0.25, -0.2) is 4.79 Å². The second-order valence-corrected chi connectivity index (χ2v) is 11.7. The predicted octanol–water partition coefficient (Wildman–Crippen LogP) is 3.80. The number of carboxylic acids is 1. The Morgan fingerprint density at radius 3 is 2.37 bits per heavy atom. The molecule has 11 heteroatoms. The molecular weight excluding hydrogens is 523 g/mol. The van der Waals surface area contributed by atoms with Crippen molar-refractivity contribution in [2.24, 2.45) is 11.8 Å². The number of carbonyl (C=O) groups is 2. The number of piperidine rings is 3. The number of ether oxygens (including phenoxy) is 1. The Labute approximate surface area is 223 Å². The molecule has 2 aromatic rings. The maximum absolute atomic E-state index is 13.4. The fourth-order valence-corrected chi connectivity index (χ4v) is 7.00. The number of carboxylic acid groups (broad SMARTS) is 1. The van der Waals surface area contributed by atoms with Gasteiger partial charge in [0.05, 0.1) is 25.9 Å². The van der Waals surface area contributed by atoms with E-state index in [-0.39, 0.29) is 12.0 Å². The number of esters is 1. The number of rotatable bonds is 8. The zero-order valence-corrected chi connectivity index (χ0v) is 22.0. The standard InChI is InChI=1S/C25H34NO4S.C2HF3O2/c27-24(25(28,20-6-1-2-7-20)23-10-4-16-29-23)30-22-18-26(14-11-19(22)12-15-26)13-3-8-21-9-5-17-31-21;3-2(4,5)1(6)7/h4-5,9-10,16-17,19-20,22,28H,1-3,6-8,11-15,18H2;(H,6,7)/q+1;/p-1/t19?,22-,25+,26?;/m0./s1. The molecule has 2 bridgehead atoms. The number of aliphatic hydroxyl groups is 1. The molecule has 3 saturated heterocycles. The van der Waals surface area contributed by atoms with E-state index in [0.717, 1.165) is 62.5 Å². The first-order chi connectivity index (χ1) is 18.0. The van der Waals surface area contributed by atoms with Crippen LogP contribution in [-0.2, 0) is 26.3 Å². The van der Waals surface area contributed by atoms with Crippen molar-refractivity contribution in [3.8, 4) is 0 Å². The van der Waals surface area contributed by atoms with Gasteiger partial charge in [0.25, 0.3) is 0 Å². The highest BCUT2D eigenvalue weighted by molar-refractivity contribution is 7.09. The normalized spacial score (nSPS) is 26.8. The molecule has 2 aromatic heterocycles. The lowest BCUT2D eigenvalue weighted by molar-refractivity contribution is -0.946. The predicted molar refractivity (Wildman–Crippen MR) is 131 cm³/mol. The summed E-state index contributed by atoms with van der Waals surface area (Å²) in [5.41, 5.74) is -1.66. The number of quaternary nitrogens is 1. The molecular formula is C27H34F3NO6S. The van der Waals surface area contributed by atoms with Crippen molar-refractivity contribution in [3.05, 3.63) is 46.5 Å². The molecule has 6 rings (SSSR count). The first kappa shape index (κ1) is 28.6. The maximum atomic E-state index is 13.4. The van der Waals surface area contributed by atoms with E-state index in [0.29, 0.717) is 11.7 Å². The number of fused-ring (bicyclic) bond motifs is 3. The molecule has 3 aliphatic heterocycles. The molecule has 0 amide bonds. The third kappa shape index (κ3) is 6.43. The molecule has 4 fully saturated rings. The van der Waals surface area contributed by atoms with Gasteiger partial charge in [-0.05, 0) is 42.8 Å². The summed E-state index contributed by atoms with van der Waals surface area (Å²) < 4.78 is 44.3. The van der Waals surface area contributed by atoms with Gasteiger partial charge >= 0.3 is 12.1 Å². The number of aliphatic carboxylic acids is 1. The lowest BCUT2D eigenvalue weighted by Gasteiger charge is -2.52. The molecule has 2 atom stereocenters. The van der Waals surface area contributed by atoms with Crippen LogP contribution in [-0.4, -0.2) is 60.0 Å². The summed E-state index contributed by atoms with van der Waals surface area (Å²) in [6.45, 7) is 4.41. The van der Waals surface area contributed by atoms with Gasteiger partial charge in [0.1, 0.15) is 18.3 Å². The van der Waals surface area contributed by atoms with Gasteiger partial charge in [-0.15, -0.1) is 11.3 Å². The molecule has 0 radical (unpaired) electrons. The number of aryl methyl sites for hydroxylation is 1. The molecule has 1 aliphatic carbocycles. The third-order valence-corrected chi connectivity index (χ3v) is 9.26.